The number of hydrogen-bond donors (Lipinski definition) is 3. The fourth-order valence-corrected chi connectivity index (χ4v) is 2.21. The van der Waals surface area contributed by atoms with Gasteiger partial charge in [-0.15, -0.1) is 0 Å². The summed E-state index contributed by atoms with van der Waals surface area (Å²) in [6.45, 7) is 2.15. The molecule has 142 valence electrons. The van der Waals surface area contributed by atoms with Crippen LogP contribution in [0.3, 0.4) is 0 Å². The van der Waals surface area contributed by atoms with Crippen molar-refractivity contribution in [1.29, 1.82) is 0 Å². The van der Waals surface area contributed by atoms with Crippen LogP contribution in [0.5, 0.6) is 11.5 Å². The molecule has 2 aromatic carbocycles. The van der Waals surface area contributed by atoms with Crippen LogP contribution < -0.4 is 20.3 Å². The van der Waals surface area contributed by atoms with Crippen molar-refractivity contribution in [2.45, 2.75) is 13.0 Å². The predicted octanol–water partition coefficient (Wildman–Crippen LogP) is 2.41. The maximum absolute atomic E-state index is 11.9. The number of hydrogen-bond acceptors (Lipinski definition) is 5. The zero-order valence-electron chi connectivity index (χ0n) is 15.1. The predicted molar refractivity (Wildman–Crippen MR) is 101 cm³/mol. The molecule has 2 amide bonds. The lowest BCUT2D eigenvalue weighted by Crippen LogP contribution is -2.32. The highest BCUT2D eigenvalue weighted by Gasteiger charge is 2.07. The summed E-state index contributed by atoms with van der Waals surface area (Å²) in [5.41, 5.74) is 2.77. The first-order valence-corrected chi connectivity index (χ1v) is 8.33. The second-order valence-corrected chi connectivity index (χ2v) is 5.75. The Morgan fingerprint density at radius 1 is 1.07 bits per heavy atom. The third-order valence-electron chi connectivity index (χ3n) is 3.66. The van der Waals surface area contributed by atoms with Gasteiger partial charge in [-0.3, -0.25) is 14.8 Å². The minimum atomic E-state index is -0.592. The van der Waals surface area contributed by atoms with Crippen molar-refractivity contribution in [1.82, 2.24) is 10.8 Å². The largest absolute Gasteiger partial charge is 0.497 e. The number of methoxy groups -OCH3 is 1. The Morgan fingerprint density at radius 3 is 2.30 bits per heavy atom. The average Bonchev–Trinajstić information content (AvgIpc) is 2.71. The zero-order chi connectivity index (χ0) is 19.6. The number of nitrogens with one attached hydrogen (secondary N) is 2. The van der Waals surface area contributed by atoms with Gasteiger partial charge in [0, 0.05) is 11.6 Å². The van der Waals surface area contributed by atoms with Crippen LogP contribution >= 0.6 is 0 Å². The monoisotopic (exact) mass is 370 g/mol. The van der Waals surface area contributed by atoms with Crippen molar-refractivity contribution in [2.75, 3.05) is 13.7 Å². The fourth-order valence-electron chi connectivity index (χ4n) is 2.21. The molecule has 27 heavy (non-hydrogen) atoms. The number of carbonyl (C=O) groups excluding carboxylic acids is 2. The molecule has 0 unspecified atom stereocenters. The van der Waals surface area contributed by atoms with Gasteiger partial charge < -0.3 is 14.8 Å². The fraction of sp³-hybridized carbons (Fsp3) is 0.200. The third kappa shape index (κ3) is 6.48. The average molecular weight is 370 g/mol. The topological polar surface area (TPSA) is 96.9 Å². The lowest BCUT2D eigenvalue weighted by Gasteiger charge is -2.15. The Bertz CT molecular complexity index is 785. The first-order valence-electron chi connectivity index (χ1n) is 8.33. The summed E-state index contributed by atoms with van der Waals surface area (Å²) in [6, 6.07) is 13.7. The SMILES string of the molecule is COc1ccc(/C=C/C(=O)NC[C@@H](C)Oc2ccc(C(=O)NO)cc2)cc1. The Kier molecular flexibility index (Phi) is 7.39. The minimum Gasteiger partial charge on any atom is -0.497 e. The lowest BCUT2D eigenvalue weighted by atomic mass is 10.2. The molecular formula is C20H22N2O5. The molecule has 1 atom stereocenters. The van der Waals surface area contributed by atoms with Crippen molar-refractivity contribution >= 4 is 17.9 Å². The number of benzene rings is 2. The Morgan fingerprint density at radius 2 is 1.70 bits per heavy atom. The second kappa shape index (κ2) is 9.98. The molecule has 0 aliphatic heterocycles. The lowest BCUT2D eigenvalue weighted by molar-refractivity contribution is -0.116. The van der Waals surface area contributed by atoms with E-state index in [1.165, 1.54) is 18.2 Å². The van der Waals surface area contributed by atoms with E-state index in [4.69, 9.17) is 14.7 Å². The molecule has 0 bridgehead atoms. The second-order valence-electron chi connectivity index (χ2n) is 5.75. The molecule has 0 fully saturated rings. The molecule has 0 saturated carbocycles. The molecule has 0 aromatic heterocycles. The van der Waals surface area contributed by atoms with Crippen LogP contribution in [0.2, 0.25) is 0 Å². The van der Waals surface area contributed by atoms with Crippen molar-refractivity contribution in [3.63, 3.8) is 0 Å². The summed E-state index contributed by atoms with van der Waals surface area (Å²) in [6.07, 6.45) is 2.91. The summed E-state index contributed by atoms with van der Waals surface area (Å²) in [5.74, 6) is 0.495. The van der Waals surface area contributed by atoms with Crippen molar-refractivity contribution in [2.24, 2.45) is 0 Å². The van der Waals surface area contributed by atoms with E-state index in [9.17, 15) is 9.59 Å². The van der Waals surface area contributed by atoms with Crippen molar-refractivity contribution < 1.29 is 24.3 Å². The van der Waals surface area contributed by atoms with E-state index in [1.54, 1.807) is 30.8 Å². The molecule has 0 aliphatic rings. The molecular weight excluding hydrogens is 348 g/mol. The van der Waals surface area contributed by atoms with Gasteiger partial charge in [-0.2, -0.15) is 0 Å². The molecule has 0 heterocycles. The minimum absolute atomic E-state index is 0.226. The molecule has 2 rings (SSSR count). The first-order chi connectivity index (χ1) is 13.0. The molecule has 7 nitrogen and oxygen atoms in total. The van der Waals surface area contributed by atoms with Gasteiger partial charge in [-0.1, -0.05) is 12.1 Å². The van der Waals surface area contributed by atoms with Gasteiger partial charge in [0.1, 0.15) is 17.6 Å². The Balaban J connectivity index is 1.78. The number of amides is 2. The smallest absolute Gasteiger partial charge is 0.274 e. The van der Waals surface area contributed by atoms with E-state index in [-0.39, 0.29) is 12.0 Å². The Labute approximate surface area is 157 Å². The normalized spacial score (nSPS) is 11.7. The standard InChI is InChI=1S/C20H22N2O5/c1-14(27-18-10-6-16(7-11-18)20(24)22-25)13-21-19(23)12-5-15-3-8-17(26-2)9-4-15/h3-12,14,25H,13H2,1-2H3,(H,21,23)(H,22,24)/b12-5+/t14-/m1/s1. The van der Waals surface area contributed by atoms with Gasteiger partial charge in [0.05, 0.1) is 13.7 Å². The van der Waals surface area contributed by atoms with Crippen LogP contribution in [0.15, 0.2) is 54.6 Å². The van der Waals surface area contributed by atoms with E-state index >= 15 is 0 Å². The summed E-state index contributed by atoms with van der Waals surface area (Å²) in [7, 11) is 1.60. The highest BCUT2D eigenvalue weighted by molar-refractivity contribution is 5.93. The van der Waals surface area contributed by atoms with Gasteiger partial charge >= 0.3 is 0 Å². The number of hydroxylamine groups is 1. The Hall–Kier alpha value is -3.32. The van der Waals surface area contributed by atoms with Gasteiger partial charge in [0.25, 0.3) is 5.91 Å². The molecule has 2 aromatic rings. The zero-order valence-corrected chi connectivity index (χ0v) is 15.1. The summed E-state index contributed by atoms with van der Waals surface area (Å²) < 4.78 is 10.8. The third-order valence-corrected chi connectivity index (χ3v) is 3.66. The van der Waals surface area contributed by atoms with E-state index < -0.39 is 5.91 Å². The number of rotatable bonds is 8. The van der Waals surface area contributed by atoms with Gasteiger partial charge in [-0.05, 0) is 55.0 Å². The molecule has 0 aliphatic carbocycles. The van der Waals surface area contributed by atoms with E-state index in [1.807, 2.05) is 31.2 Å². The highest BCUT2D eigenvalue weighted by atomic mass is 16.5. The molecule has 0 radical (unpaired) electrons. The van der Waals surface area contributed by atoms with Crippen LogP contribution in [0.1, 0.15) is 22.8 Å². The van der Waals surface area contributed by atoms with E-state index in [2.05, 4.69) is 5.32 Å². The summed E-state index contributed by atoms with van der Waals surface area (Å²) >= 11 is 0. The van der Waals surface area contributed by atoms with E-state index in [0.717, 1.165) is 11.3 Å². The number of ether oxygens (including phenoxy) is 2. The van der Waals surface area contributed by atoms with Crippen LogP contribution in [0.4, 0.5) is 0 Å². The molecule has 0 spiro atoms. The van der Waals surface area contributed by atoms with E-state index in [0.29, 0.717) is 17.9 Å². The highest BCUT2D eigenvalue weighted by Crippen LogP contribution is 2.14. The summed E-state index contributed by atoms with van der Waals surface area (Å²) in [5, 5.41) is 11.3. The van der Waals surface area contributed by atoms with Crippen LogP contribution in [0.25, 0.3) is 6.08 Å². The van der Waals surface area contributed by atoms with Crippen molar-refractivity contribution in [3.05, 3.63) is 65.7 Å². The van der Waals surface area contributed by atoms with Crippen LogP contribution in [-0.4, -0.2) is 36.8 Å². The van der Waals surface area contributed by atoms with Gasteiger partial charge in [-0.25, -0.2) is 5.48 Å². The molecule has 3 N–H and O–H groups in total. The maximum atomic E-state index is 11.9. The molecule has 0 saturated heterocycles. The van der Waals surface area contributed by atoms with Crippen LogP contribution in [-0.2, 0) is 4.79 Å². The van der Waals surface area contributed by atoms with Gasteiger partial charge in [0.2, 0.25) is 5.91 Å². The quantitative estimate of drug-likeness (QED) is 0.377. The van der Waals surface area contributed by atoms with Crippen LogP contribution in [0, 0.1) is 0 Å². The number of carbonyl (C=O) groups is 2. The van der Waals surface area contributed by atoms with Gasteiger partial charge in [0.15, 0.2) is 0 Å². The van der Waals surface area contributed by atoms with Crippen molar-refractivity contribution in [3.8, 4) is 11.5 Å². The maximum Gasteiger partial charge on any atom is 0.274 e. The summed E-state index contributed by atoms with van der Waals surface area (Å²) in [4.78, 5) is 23.2. The molecule has 7 heteroatoms. The first kappa shape index (κ1) is 20.0.